The fourth-order valence-electron chi connectivity index (χ4n) is 15.7. The van der Waals surface area contributed by atoms with Crippen molar-refractivity contribution < 1.29 is 8.83 Å². The smallest absolute Gasteiger partial charge is 0.164 e. The Bertz CT molecular complexity index is 6870. The number of rotatable bonds is 10. The highest BCUT2D eigenvalue weighted by Gasteiger charge is 2.25. The largest absolute Gasteiger partial charge is 0.456 e. The van der Waals surface area contributed by atoms with Crippen LogP contribution in [0.25, 0.3) is 205 Å². The Hall–Kier alpha value is -13.8. The summed E-state index contributed by atoms with van der Waals surface area (Å²) in [5.74, 6) is 1.19. The lowest BCUT2D eigenvalue weighted by molar-refractivity contribution is 0.669. The summed E-state index contributed by atoms with van der Waals surface area (Å²) < 4.78 is 20.6. The number of benzene rings is 14. The van der Waals surface area contributed by atoms with Crippen molar-refractivity contribution in [3.8, 4) is 96.0 Å². The van der Waals surface area contributed by atoms with E-state index in [1.807, 2.05) is 36.4 Å². The zero-order chi connectivity index (χ0) is 66.2. The van der Waals surface area contributed by atoms with Gasteiger partial charge in [-0.15, -0.1) is 0 Å². The van der Waals surface area contributed by atoms with Gasteiger partial charge in [-0.1, -0.05) is 224 Å². The van der Waals surface area contributed by atoms with Crippen LogP contribution in [-0.4, -0.2) is 33.6 Å². The van der Waals surface area contributed by atoms with E-state index in [0.29, 0.717) is 11.6 Å². The average molecular weight is 1290 g/mol. The van der Waals surface area contributed by atoms with E-state index in [-0.39, 0.29) is 0 Å². The van der Waals surface area contributed by atoms with Crippen molar-refractivity contribution in [1.29, 1.82) is 0 Å². The molecule has 21 rings (SSSR count). The molecule has 14 aromatic carbocycles. The predicted molar refractivity (Wildman–Crippen MR) is 413 cm³/mol. The van der Waals surface area contributed by atoms with Gasteiger partial charge in [0.25, 0.3) is 0 Å². The van der Waals surface area contributed by atoms with Crippen molar-refractivity contribution in [3.05, 3.63) is 334 Å². The van der Waals surface area contributed by atoms with E-state index in [0.717, 1.165) is 172 Å². The zero-order valence-electron chi connectivity index (χ0n) is 54.2. The van der Waals surface area contributed by atoms with Crippen molar-refractivity contribution in [3.63, 3.8) is 0 Å². The summed E-state index contributed by atoms with van der Waals surface area (Å²) in [6.07, 6.45) is 0. The first kappa shape index (κ1) is 56.4. The molecule has 9 heteroatoms. The monoisotopic (exact) mass is 1290 g/mol. The zero-order valence-corrected chi connectivity index (χ0v) is 54.2. The first-order valence-corrected chi connectivity index (χ1v) is 34.1. The molecule has 0 bridgehead atoms. The van der Waals surface area contributed by atoms with Gasteiger partial charge in [-0.2, -0.15) is 0 Å². The quantitative estimate of drug-likeness (QED) is 0.135. The number of furan rings is 2. The lowest BCUT2D eigenvalue weighted by Gasteiger charge is -2.16. The van der Waals surface area contributed by atoms with Crippen LogP contribution in [0.15, 0.2) is 342 Å². The average Bonchev–Trinajstić information content (AvgIpc) is 1.66. The number of hydrogen-bond acceptors (Lipinski definition) is 6. The molecule has 0 aliphatic heterocycles. The third kappa shape index (κ3) is 8.97. The van der Waals surface area contributed by atoms with Crippen LogP contribution in [0.2, 0.25) is 0 Å². The summed E-state index contributed by atoms with van der Waals surface area (Å²) in [6, 6.07) is 118. The van der Waals surface area contributed by atoms with E-state index < -0.39 is 0 Å². The summed E-state index contributed by atoms with van der Waals surface area (Å²) >= 11 is 0. The first-order chi connectivity index (χ1) is 50.1. The van der Waals surface area contributed by atoms with Crippen LogP contribution in [0.1, 0.15) is 0 Å². The van der Waals surface area contributed by atoms with Gasteiger partial charge in [0.05, 0.1) is 67.1 Å². The normalized spacial score (nSPS) is 12.0. The molecule has 0 spiro atoms. The molecule has 9 nitrogen and oxygen atoms in total. The minimum atomic E-state index is 0.577. The van der Waals surface area contributed by atoms with Gasteiger partial charge in [0, 0.05) is 93.1 Å². The van der Waals surface area contributed by atoms with Crippen molar-refractivity contribution in [1.82, 2.24) is 33.6 Å². The Morgan fingerprint density at radius 2 is 0.634 bits per heavy atom. The molecule has 0 saturated heterocycles. The highest BCUT2D eigenvalue weighted by Crippen LogP contribution is 2.45. The molecule has 21 aromatic rings. The SMILES string of the molecule is c1ccc(-c2cc(-c3ccccc3-n3c4ccccc4c4ccccc43)nc(-c3cccc4c3oc3ccc(-c5ccc6c(c5)c5ccccc5n6-c5cc(-c6cc(-c7ccccc7)nc(-c7cccc8oc9ccccc9c78)n6)cc(-n6c7ccccc7c7ccccc76)c5)cc34)n2)cc1. The molecule has 0 aliphatic carbocycles. The maximum Gasteiger partial charge on any atom is 0.164 e. The lowest BCUT2D eigenvalue weighted by atomic mass is 10.00. The third-order valence-electron chi connectivity index (χ3n) is 20.3. The summed E-state index contributed by atoms with van der Waals surface area (Å²) in [5, 5.41) is 11.0. The summed E-state index contributed by atoms with van der Waals surface area (Å²) in [4.78, 5) is 21.9. The van der Waals surface area contributed by atoms with Crippen LogP contribution < -0.4 is 0 Å². The maximum atomic E-state index is 6.99. The van der Waals surface area contributed by atoms with Crippen LogP contribution >= 0.6 is 0 Å². The third-order valence-corrected chi connectivity index (χ3v) is 20.3. The first-order valence-electron chi connectivity index (χ1n) is 34.1. The minimum Gasteiger partial charge on any atom is -0.456 e. The second-order valence-corrected chi connectivity index (χ2v) is 26.0. The maximum absolute atomic E-state index is 6.99. The highest BCUT2D eigenvalue weighted by atomic mass is 16.3. The van der Waals surface area contributed by atoms with Crippen molar-refractivity contribution in [2.75, 3.05) is 0 Å². The summed E-state index contributed by atoms with van der Waals surface area (Å²) in [7, 11) is 0. The lowest BCUT2D eigenvalue weighted by Crippen LogP contribution is -2.02. The van der Waals surface area contributed by atoms with Gasteiger partial charge in [0.1, 0.15) is 22.3 Å². The molecule has 0 fully saturated rings. The van der Waals surface area contributed by atoms with E-state index in [2.05, 4.69) is 311 Å². The molecule has 7 heterocycles. The topological polar surface area (TPSA) is 92.6 Å². The van der Waals surface area contributed by atoms with Gasteiger partial charge in [-0.25, -0.2) is 19.9 Å². The van der Waals surface area contributed by atoms with E-state index in [1.54, 1.807) is 0 Å². The van der Waals surface area contributed by atoms with Gasteiger partial charge in [0.15, 0.2) is 11.6 Å². The van der Waals surface area contributed by atoms with E-state index in [9.17, 15) is 0 Å². The second kappa shape index (κ2) is 22.4. The number of nitrogens with zero attached hydrogens (tertiary/aromatic N) is 7. The van der Waals surface area contributed by atoms with E-state index in [4.69, 9.17) is 28.8 Å². The minimum absolute atomic E-state index is 0.577. The predicted octanol–water partition coefficient (Wildman–Crippen LogP) is 24.0. The molecular formula is C92H55N7O2. The molecule has 0 N–H and O–H groups in total. The molecule has 7 aromatic heterocycles. The molecule has 0 radical (unpaired) electrons. The van der Waals surface area contributed by atoms with Gasteiger partial charge >= 0.3 is 0 Å². The Morgan fingerprint density at radius 3 is 1.26 bits per heavy atom. The Labute approximate surface area is 578 Å². The number of fused-ring (bicyclic) bond motifs is 15. The summed E-state index contributed by atoms with van der Waals surface area (Å²) in [5.41, 5.74) is 23.8. The van der Waals surface area contributed by atoms with E-state index >= 15 is 0 Å². The molecule has 101 heavy (non-hydrogen) atoms. The Kier molecular flexibility index (Phi) is 12.5. The fourth-order valence-corrected chi connectivity index (χ4v) is 15.7. The molecule has 0 amide bonds. The number of hydrogen-bond donors (Lipinski definition) is 0. The van der Waals surface area contributed by atoms with Gasteiger partial charge in [-0.3, -0.25) is 0 Å². The standard InChI is InChI=1S/C92H55N7O2/c1-3-23-56(24-4-1)75-54-77(95-91(93-75)71-35-22-44-88-89(71)70-33-13-20-43-86(70)100-88)60-49-61(97-79-37-14-7-27-63(79)64-28-8-15-38-80(64)97)53-62(50-60)98-81-39-16-11-31-67(81)73-51-58(45-47-85(73)98)59-46-48-87-74(52-59)68-34-21-36-72(90(68)101-87)92-94-76(57-25-5-2-6-26-57)55-78(96-92)69-32-12-19-42-84(69)99-82-40-17-9-29-65(82)66-30-10-18-41-83(66)99/h1-55H. The van der Waals surface area contributed by atoms with Gasteiger partial charge in [0.2, 0.25) is 0 Å². The molecule has 0 saturated carbocycles. The van der Waals surface area contributed by atoms with E-state index in [1.165, 1.54) is 21.5 Å². The van der Waals surface area contributed by atoms with Crippen LogP contribution in [0.5, 0.6) is 0 Å². The van der Waals surface area contributed by atoms with Crippen molar-refractivity contribution >= 4 is 109 Å². The van der Waals surface area contributed by atoms with Gasteiger partial charge in [-0.05, 0) is 120 Å². The van der Waals surface area contributed by atoms with Crippen LogP contribution in [-0.2, 0) is 0 Å². The Balaban J connectivity index is 0.721. The van der Waals surface area contributed by atoms with Crippen LogP contribution in [0.4, 0.5) is 0 Å². The van der Waals surface area contributed by atoms with Crippen LogP contribution in [0, 0.1) is 0 Å². The van der Waals surface area contributed by atoms with Crippen LogP contribution in [0.3, 0.4) is 0 Å². The number of para-hydroxylation sites is 8. The second-order valence-electron chi connectivity index (χ2n) is 26.0. The molecule has 0 unspecified atom stereocenters. The Morgan fingerprint density at radius 1 is 0.218 bits per heavy atom. The highest BCUT2D eigenvalue weighted by molar-refractivity contribution is 6.15. The molecule has 470 valence electrons. The number of aromatic nitrogens is 7. The molecule has 0 atom stereocenters. The fraction of sp³-hybridized carbons (Fsp3) is 0. The van der Waals surface area contributed by atoms with Crippen molar-refractivity contribution in [2.24, 2.45) is 0 Å². The summed E-state index contributed by atoms with van der Waals surface area (Å²) in [6.45, 7) is 0. The van der Waals surface area contributed by atoms with Gasteiger partial charge < -0.3 is 22.5 Å². The molecule has 0 aliphatic rings. The molecular weight excluding hydrogens is 1240 g/mol. The van der Waals surface area contributed by atoms with Crippen molar-refractivity contribution in [2.45, 2.75) is 0 Å².